The lowest BCUT2D eigenvalue weighted by Gasteiger charge is -2.42. The minimum absolute atomic E-state index is 0.117. The van der Waals surface area contributed by atoms with Crippen molar-refractivity contribution in [2.75, 3.05) is 6.61 Å². The van der Waals surface area contributed by atoms with Gasteiger partial charge in [-0.25, -0.2) is 0 Å². The summed E-state index contributed by atoms with van der Waals surface area (Å²) in [6.45, 7) is 7.57. The number of fused-ring (bicyclic) bond motifs is 1. The Morgan fingerprint density at radius 2 is 1.87 bits per heavy atom. The SMILES string of the molecule is CCCC(CCC)CO[C@H]1CCC=C2C=C[C@@H](C)[C@H](CC[C@@H](O)C[C@@H](O)CC(=O)O)[C@H]21. The van der Waals surface area contributed by atoms with Crippen molar-refractivity contribution in [2.45, 2.75) is 103 Å². The predicted octanol–water partition coefficient (Wildman–Crippen LogP) is 5.11. The summed E-state index contributed by atoms with van der Waals surface area (Å²) >= 11 is 0. The lowest BCUT2D eigenvalue weighted by atomic mass is 9.66. The molecule has 0 amide bonds. The number of rotatable bonds is 14. The molecule has 3 N–H and O–H groups in total. The normalized spacial score (nSPS) is 27.6. The van der Waals surface area contributed by atoms with Gasteiger partial charge in [-0.05, 0) is 68.3 Å². The zero-order valence-electron chi connectivity index (χ0n) is 19.7. The monoisotopic (exact) mass is 436 g/mol. The number of aliphatic carboxylic acids is 1. The van der Waals surface area contributed by atoms with Gasteiger partial charge < -0.3 is 20.1 Å². The molecular weight excluding hydrogens is 392 g/mol. The van der Waals surface area contributed by atoms with Gasteiger partial charge in [0, 0.05) is 12.5 Å². The smallest absolute Gasteiger partial charge is 0.305 e. The Balaban J connectivity index is 1.99. The van der Waals surface area contributed by atoms with Gasteiger partial charge in [-0.3, -0.25) is 4.79 Å². The molecule has 0 aliphatic heterocycles. The molecule has 5 nitrogen and oxygen atoms in total. The van der Waals surface area contributed by atoms with Gasteiger partial charge in [-0.15, -0.1) is 0 Å². The summed E-state index contributed by atoms with van der Waals surface area (Å²) in [5, 5.41) is 29.0. The highest BCUT2D eigenvalue weighted by atomic mass is 16.5. The predicted molar refractivity (Wildman–Crippen MR) is 124 cm³/mol. The van der Waals surface area contributed by atoms with Crippen LogP contribution in [0.25, 0.3) is 0 Å². The molecule has 5 heteroatoms. The van der Waals surface area contributed by atoms with Crippen LogP contribution in [0.1, 0.15) is 85.0 Å². The zero-order chi connectivity index (χ0) is 22.8. The summed E-state index contributed by atoms with van der Waals surface area (Å²) in [5.74, 6) is 0.756. The van der Waals surface area contributed by atoms with Gasteiger partial charge in [0.2, 0.25) is 0 Å². The number of aliphatic hydroxyl groups excluding tert-OH is 2. The molecule has 2 rings (SSSR count). The van der Waals surface area contributed by atoms with Crippen molar-refractivity contribution in [2.24, 2.45) is 23.7 Å². The van der Waals surface area contributed by atoms with Crippen LogP contribution < -0.4 is 0 Å². The summed E-state index contributed by atoms with van der Waals surface area (Å²) in [5.41, 5.74) is 1.38. The van der Waals surface area contributed by atoms with Crippen molar-refractivity contribution in [3.8, 4) is 0 Å². The molecule has 0 bridgehead atoms. The van der Waals surface area contributed by atoms with Crippen molar-refractivity contribution in [3.63, 3.8) is 0 Å². The summed E-state index contributed by atoms with van der Waals surface area (Å²) in [7, 11) is 0. The van der Waals surface area contributed by atoms with E-state index in [1.807, 2.05) is 0 Å². The molecule has 2 aliphatic rings. The maximum Gasteiger partial charge on any atom is 0.305 e. The molecule has 0 aromatic carbocycles. The van der Waals surface area contributed by atoms with E-state index in [4.69, 9.17) is 9.84 Å². The van der Waals surface area contributed by atoms with E-state index in [2.05, 4.69) is 39.0 Å². The number of hydrogen-bond acceptors (Lipinski definition) is 4. The fraction of sp³-hybridized carbons (Fsp3) is 0.808. The summed E-state index contributed by atoms with van der Waals surface area (Å²) < 4.78 is 6.57. The second kappa shape index (κ2) is 13.4. The van der Waals surface area contributed by atoms with Gasteiger partial charge in [0.15, 0.2) is 0 Å². The molecule has 0 fully saturated rings. The van der Waals surface area contributed by atoms with E-state index in [1.54, 1.807) is 0 Å². The number of carboxylic acids is 1. The van der Waals surface area contributed by atoms with Crippen molar-refractivity contribution in [1.29, 1.82) is 0 Å². The van der Waals surface area contributed by atoms with Crippen LogP contribution in [0.3, 0.4) is 0 Å². The number of allylic oxidation sites excluding steroid dienone is 3. The van der Waals surface area contributed by atoms with Crippen molar-refractivity contribution < 1.29 is 24.9 Å². The van der Waals surface area contributed by atoms with E-state index in [1.165, 1.54) is 31.3 Å². The van der Waals surface area contributed by atoms with Crippen molar-refractivity contribution in [1.82, 2.24) is 0 Å². The third-order valence-corrected chi connectivity index (χ3v) is 7.07. The van der Waals surface area contributed by atoms with E-state index in [-0.39, 0.29) is 18.9 Å². The Labute approximate surface area is 188 Å². The average molecular weight is 437 g/mol. The van der Waals surface area contributed by atoms with E-state index < -0.39 is 18.2 Å². The largest absolute Gasteiger partial charge is 0.481 e. The topological polar surface area (TPSA) is 87.0 Å². The molecule has 6 atom stereocenters. The molecule has 0 radical (unpaired) electrons. The Morgan fingerprint density at radius 3 is 2.52 bits per heavy atom. The van der Waals surface area contributed by atoms with Gasteiger partial charge in [0.25, 0.3) is 0 Å². The molecule has 0 saturated heterocycles. The Kier molecular flexibility index (Phi) is 11.3. The summed E-state index contributed by atoms with van der Waals surface area (Å²) in [4.78, 5) is 10.8. The summed E-state index contributed by atoms with van der Waals surface area (Å²) in [6.07, 6.45) is 13.6. The standard InChI is InChI=1S/C26H44O5/c1-4-7-19(8-5-2)17-31-24-10-6-9-20-12-11-18(3)23(26(20)24)14-13-21(27)15-22(28)16-25(29)30/h9,11-12,18-19,21-24,26-28H,4-8,10,13-17H2,1-3H3,(H,29,30)/t18-,21-,22-,23+,24+,26+/m1/s1. The zero-order valence-corrected chi connectivity index (χ0v) is 19.7. The van der Waals surface area contributed by atoms with Crippen LogP contribution in [0, 0.1) is 23.7 Å². The van der Waals surface area contributed by atoms with Crippen LogP contribution in [-0.4, -0.2) is 46.2 Å². The van der Waals surface area contributed by atoms with Gasteiger partial charge in [0.1, 0.15) is 0 Å². The molecule has 0 aromatic rings. The van der Waals surface area contributed by atoms with Crippen LogP contribution in [0.15, 0.2) is 23.8 Å². The van der Waals surface area contributed by atoms with E-state index >= 15 is 0 Å². The minimum Gasteiger partial charge on any atom is -0.481 e. The van der Waals surface area contributed by atoms with Crippen LogP contribution in [0.2, 0.25) is 0 Å². The number of aliphatic hydroxyl groups is 2. The Bertz CT molecular complexity index is 593. The second-order valence-electron chi connectivity index (χ2n) is 9.72. The highest BCUT2D eigenvalue weighted by Crippen LogP contribution is 2.44. The highest BCUT2D eigenvalue weighted by molar-refractivity contribution is 5.67. The molecule has 0 aromatic heterocycles. The lowest BCUT2D eigenvalue weighted by molar-refractivity contribution is -0.139. The van der Waals surface area contributed by atoms with Crippen LogP contribution in [0.4, 0.5) is 0 Å². The lowest BCUT2D eigenvalue weighted by Crippen LogP contribution is -2.39. The number of ether oxygens (including phenoxy) is 1. The number of carbonyl (C=O) groups is 1. The van der Waals surface area contributed by atoms with Crippen LogP contribution in [-0.2, 0) is 9.53 Å². The molecule has 31 heavy (non-hydrogen) atoms. The molecule has 2 aliphatic carbocycles. The van der Waals surface area contributed by atoms with Gasteiger partial charge in [-0.2, -0.15) is 0 Å². The van der Waals surface area contributed by atoms with Crippen molar-refractivity contribution in [3.05, 3.63) is 23.8 Å². The first-order valence-electron chi connectivity index (χ1n) is 12.4. The first-order valence-corrected chi connectivity index (χ1v) is 12.4. The second-order valence-corrected chi connectivity index (χ2v) is 9.72. The maximum atomic E-state index is 10.8. The number of carboxylic acid groups (broad SMARTS) is 1. The molecule has 0 heterocycles. The average Bonchev–Trinajstić information content (AvgIpc) is 2.71. The minimum atomic E-state index is -1.04. The van der Waals surface area contributed by atoms with Gasteiger partial charge in [0.05, 0.1) is 24.7 Å². The van der Waals surface area contributed by atoms with Crippen LogP contribution >= 0.6 is 0 Å². The molecule has 0 unspecified atom stereocenters. The first kappa shape index (κ1) is 26.1. The Morgan fingerprint density at radius 1 is 1.16 bits per heavy atom. The van der Waals surface area contributed by atoms with Crippen molar-refractivity contribution >= 4 is 5.97 Å². The van der Waals surface area contributed by atoms with E-state index in [0.29, 0.717) is 30.1 Å². The van der Waals surface area contributed by atoms with E-state index in [9.17, 15) is 15.0 Å². The third kappa shape index (κ3) is 8.36. The number of hydrogen-bond donors (Lipinski definition) is 3. The Hall–Kier alpha value is -1.17. The molecule has 178 valence electrons. The summed E-state index contributed by atoms with van der Waals surface area (Å²) in [6, 6.07) is 0. The molecule has 0 saturated carbocycles. The fourth-order valence-corrected chi connectivity index (χ4v) is 5.50. The fourth-order valence-electron chi connectivity index (χ4n) is 5.50. The molecule has 0 spiro atoms. The molecular formula is C26H44O5. The highest BCUT2D eigenvalue weighted by Gasteiger charge is 2.38. The first-order chi connectivity index (χ1) is 14.8. The van der Waals surface area contributed by atoms with Gasteiger partial charge in [-0.1, -0.05) is 51.8 Å². The third-order valence-electron chi connectivity index (χ3n) is 7.07. The van der Waals surface area contributed by atoms with Crippen LogP contribution in [0.5, 0.6) is 0 Å². The van der Waals surface area contributed by atoms with E-state index in [0.717, 1.165) is 25.9 Å². The quantitative estimate of drug-likeness (QED) is 0.352. The maximum absolute atomic E-state index is 10.8. The van der Waals surface area contributed by atoms with Gasteiger partial charge >= 0.3 is 5.97 Å².